The molecule has 13 nitrogen and oxygen atoms in total. The third kappa shape index (κ3) is 10.6. The van der Waals surface area contributed by atoms with Crippen LogP contribution in [0.5, 0.6) is 5.75 Å². The fraction of sp³-hybridized carbons (Fsp3) is 0.522. The van der Waals surface area contributed by atoms with Crippen LogP contribution < -0.4 is 33.2 Å². The fourth-order valence-electron chi connectivity index (χ4n) is 3.19. The molecule has 0 fully saturated rings. The second kappa shape index (κ2) is 14.5. The zero-order valence-electron chi connectivity index (χ0n) is 20.7. The Labute approximate surface area is 209 Å². The molecule has 0 radical (unpaired) electrons. The first-order valence-corrected chi connectivity index (χ1v) is 11.5. The van der Waals surface area contributed by atoms with E-state index in [1.165, 1.54) is 19.1 Å². The Morgan fingerprint density at radius 2 is 1.47 bits per heavy atom. The van der Waals surface area contributed by atoms with Gasteiger partial charge in [-0.05, 0) is 43.4 Å². The van der Waals surface area contributed by atoms with E-state index in [0.717, 1.165) is 0 Å². The summed E-state index contributed by atoms with van der Waals surface area (Å²) in [6.45, 7) is 4.96. The van der Waals surface area contributed by atoms with Gasteiger partial charge in [-0.2, -0.15) is 0 Å². The first-order valence-electron chi connectivity index (χ1n) is 11.5. The van der Waals surface area contributed by atoms with Gasteiger partial charge in [-0.3, -0.25) is 19.4 Å². The molecule has 1 aromatic carbocycles. The first kappa shape index (κ1) is 30.2. The molecule has 1 rings (SSSR count). The van der Waals surface area contributed by atoms with Gasteiger partial charge in [0.05, 0.1) is 6.04 Å². The van der Waals surface area contributed by atoms with E-state index in [0.29, 0.717) is 12.0 Å². The Kier molecular flexibility index (Phi) is 12.2. The van der Waals surface area contributed by atoms with Crippen molar-refractivity contribution in [2.24, 2.45) is 28.1 Å². The number of hydrogen-bond donors (Lipinski definition) is 8. The number of phenolic OH excluding ortho intramolecular Hbond substituents is 1. The molecule has 0 aliphatic rings. The number of nitrogens with one attached hydrogen (secondary N) is 3. The van der Waals surface area contributed by atoms with Gasteiger partial charge in [0.2, 0.25) is 17.7 Å². The van der Waals surface area contributed by atoms with Crippen LogP contribution in [0.1, 0.15) is 39.2 Å². The number of carbonyl (C=O) groups excluding carboxylic acids is 3. The Bertz CT molecular complexity index is 929. The van der Waals surface area contributed by atoms with Gasteiger partial charge < -0.3 is 43.4 Å². The molecule has 4 unspecified atom stereocenters. The van der Waals surface area contributed by atoms with Crippen molar-refractivity contribution in [1.82, 2.24) is 16.0 Å². The van der Waals surface area contributed by atoms with Crippen LogP contribution in [-0.4, -0.2) is 70.6 Å². The number of hydrogen-bond acceptors (Lipinski definition) is 7. The van der Waals surface area contributed by atoms with Gasteiger partial charge in [-0.15, -0.1) is 0 Å². The normalized spacial score (nSPS) is 14.1. The molecular formula is C23H37N7O6. The summed E-state index contributed by atoms with van der Waals surface area (Å²) >= 11 is 0. The highest BCUT2D eigenvalue weighted by Crippen LogP contribution is 2.13. The standard InChI is InChI=1S/C23H37N7O6/c1-12(2)18(22(35)36)30-21(34)17(11-14-6-8-15(31)9-7-14)29-20(33)16(28-19(32)13(3)24)5-4-10-27-23(25)26/h6-9,12-13,16-18,31H,4-5,10-11,24H2,1-3H3,(H,28,32)(H,29,33)(H,30,34)(H,35,36)(H4,25,26,27). The van der Waals surface area contributed by atoms with Crippen molar-refractivity contribution in [3.8, 4) is 5.75 Å². The number of benzene rings is 1. The van der Waals surface area contributed by atoms with Crippen LogP contribution in [0.2, 0.25) is 0 Å². The molecule has 1 aromatic rings. The van der Waals surface area contributed by atoms with E-state index in [2.05, 4.69) is 20.9 Å². The highest BCUT2D eigenvalue weighted by atomic mass is 16.4. The third-order valence-corrected chi connectivity index (χ3v) is 5.23. The number of aromatic hydroxyl groups is 1. The molecule has 0 saturated carbocycles. The lowest BCUT2D eigenvalue weighted by molar-refractivity contribution is -0.143. The number of carboxylic acids is 1. The molecule has 0 aliphatic heterocycles. The lowest BCUT2D eigenvalue weighted by Crippen LogP contribution is -2.58. The summed E-state index contributed by atoms with van der Waals surface area (Å²) in [5.74, 6) is -3.66. The zero-order chi connectivity index (χ0) is 27.4. The average Bonchev–Trinajstić information content (AvgIpc) is 2.79. The molecule has 0 aromatic heterocycles. The van der Waals surface area contributed by atoms with Crippen molar-refractivity contribution in [3.63, 3.8) is 0 Å². The fourth-order valence-corrected chi connectivity index (χ4v) is 3.19. The van der Waals surface area contributed by atoms with Gasteiger partial charge in [0, 0.05) is 13.0 Å². The molecule has 36 heavy (non-hydrogen) atoms. The minimum absolute atomic E-state index is 0.00421. The van der Waals surface area contributed by atoms with E-state index >= 15 is 0 Å². The van der Waals surface area contributed by atoms with Gasteiger partial charge in [0.25, 0.3) is 0 Å². The molecule has 0 saturated heterocycles. The number of carboxylic acid groups (broad SMARTS) is 1. The molecule has 3 amide bonds. The first-order chi connectivity index (χ1) is 16.8. The monoisotopic (exact) mass is 507 g/mol. The largest absolute Gasteiger partial charge is 0.508 e. The van der Waals surface area contributed by atoms with E-state index in [1.807, 2.05) is 0 Å². The summed E-state index contributed by atoms with van der Waals surface area (Å²) in [6, 6.07) is 1.72. The number of amides is 3. The van der Waals surface area contributed by atoms with E-state index in [1.54, 1.807) is 26.0 Å². The van der Waals surface area contributed by atoms with E-state index in [4.69, 9.17) is 17.2 Å². The second-order valence-electron chi connectivity index (χ2n) is 8.80. The number of rotatable bonds is 14. The Morgan fingerprint density at radius 1 is 0.917 bits per heavy atom. The summed E-state index contributed by atoms with van der Waals surface area (Å²) < 4.78 is 0. The molecule has 0 heterocycles. The van der Waals surface area contributed by atoms with Gasteiger partial charge in [0.15, 0.2) is 5.96 Å². The number of phenols is 1. The summed E-state index contributed by atoms with van der Waals surface area (Å²) in [5.41, 5.74) is 16.8. The predicted molar refractivity (Wildman–Crippen MR) is 134 cm³/mol. The minimum atomic E-state index is -1.21. The van der Waals surface area contributed by atoms with Crippen LogP contribution in [0.25, 0.3) is 0 Å². The van der Waals surface area contributed by atoms with Crippen molar-refractivity contribution in [1.29, 1.82) is 0 Å². The van der Waals surface area contributed by atoms with E-state index in [-0.39, 0.29) is 31.1 Å². The maximum Gasteiger partial charge on any atom is 0.326 e. The van der Waals surface area contributed by atoms with Crippen molar-refractivity contribution in [2.45, 2.75) is 64.2 Å². The molecule has 200 valence electrons. The minimum Gasteiger partial charge on any atom is -0.508 e. The SMILES string of the molecule is CC(N)C(=O)NC(CCCN=C(N)N)C(=O)NC(Cc1ccc(O)cc1)C(=O)NC(C(=O)O)C(C)C. The smallest absolute Gasteiger partial charge is 0.326 e. The zero-order valence-corrected chi connectivity index (χ0v) is 20.7. The van der Waals surface area contributed by atoms with Crippen LogP contribution in [0.3, 0.4) is 0 Å². The molecule has 4 atom stereocenters. The van der Waals surface area contributed by atoms with Crippen molar-refractivity contribution in [3.05, 3.63) is 29.8 Å². The number of carbonyl (C=O) groups is 4. The van der Waals surface area contributed by atoms with Crippen molar-refractivity contribution >= 4 is 29.7 Å². The summed E-state index contributed by atoms with van der Waals surface area (Å²) in [6.07, 6.45) is 0.501. The number of guanidine groups is 1. The van der Waals surface area contributed by atoms with E-state index in [9.17, 15) is 29.4 Å². The van der Waals surface area contributed by atoms with Gasteiger partial charge >= 0.3 is 5.97 Å². The van der Waals surface area contributed by atoms with Gasteiger partial charge in [-0.25, -0.2) is 4.79 Å². The molecule has 13 heteroatoms. The topological polar surface area (TPSA) is 235 Å². The van der Waals surface area contributed by atoms with E-state index < -0.39 is 53.8 Å². The number of aliphatic imine (C=N–C) groups is 1. The second-order valence-corrected chi connectivity index (χ2v) is 8.80. The van der Waals surface area contributed by atoms with Gasteiger partial charge in [0.1, 0.15) is 23.9 Å². The molecule has 0 bridgehead atoms. The summed E-state index contributed by atoms with van der Waals surface area (Å²) in [5, 5.41) is 26.6. The lowest BCUT2D eigenvalue weighted by atomic mass is 10.0. The van der Waals surface area contributed by atoms with Crippen LogP contribution >= 0.6 is 0 Å². The number of aliphatic carboxylic acids is 1. The van der Waals surface area contributed by atoms with Crippen LogP contribution in [0.4, 0.5) is 0 Å². The average molecular weight is 508 g/mol. The van der Waals surface area contributed by atoms with Gasteiger partial charge in [-0.1, -0.05) is 26.0 Å². The highest BCUT2D eigenvalue weighted by Gasteiger charge is 2.31. The number of nitrogens with zero attached hydrogens (tertiary/aromatic N) is 1. The Morgan fingerprint density at radius 3 is 1.97 bits per heavy atom. The van der Waals surface area contributed by atoms with Crippen LogP contribution in [-0.2, 0) is 25.6 Å². The lowest BCUT2D eigenvalue weighted by Gasteiger charge is -2.26. The maximum absolute atomic E-state index is 13.2. The molecule has 11 N–H and O–H groups in total. The Balaban J connectivity index is 3.14. The molecule has 0 aliphatic carbocycles. The maximum atomic E-state index is 13.2. The number of nitrogens with two attached hydrogens (primary N) is 3. The van der Waals surface area contributed by atoms with Crippen LogP contribution in [0.15, 0.2) is 29.3 Å². The summed E-state index contributed by atoms with van der Waals surface area (Å²) in [7, 11) is 0. The third-order valence-electron chi connectivity index (χ3n) is 5.23. The quantitative estimate of drug-likeness (QED) is 0.0832. The van der Waals surface area contributed by atoms with Crippen molar-refractivity contribution in [2.75, 3.05) is 6.54 Å². The van der Waals surface area contributed by atoms with Crippen molar-refractivity contribution < 1.29 is 29.4 Å². The van der Waals surface area contributed by atoms with Crippen LogP contribution in [0, 0.1) is 5.92 Å². The highest BCUT2D eigenvalue weighted by molar-refractivity contribution is 5.94. The Hall–Kier alpha value is -3.87. The predicted octanol–water partition coefficient (Wildman–Crippen LogP) is -1.47. The molecular weight excluding hydrogens is 470 g/mol. The summed E-state index contributed by atoms with van der Waals surface area (Å²) in [4.78, 5) is 53.8. The molecule has 0 spiro atoms.